The normalized spacial score (nSPS) is 20.1. The summed E-state index contributed by atoms with van der Waals surface area (Å²) in [6, 6.07) is 4.25. The highest BCUT2D eigenvalue weighted by Gasteiger charge is 2.24. The molecule has 2 N–H and O–H groups in total. The van der Waals surface area contributed by atoms with Gasteiger partial charge in [0, 0.05) is 23.7 Å². The summed E-state index contributed by atoms with van der Waals surface area (Å²) in [5.74, 6) is 0.774. The number of nitrogens with one attached hydrogen (secondary N) is 2. The molecule has 4 nitrogen and oxygen atoms in total. The topological polar surface area (TPSA) is 49.9 Å². The molecule has 0 amide bonds. The number of hydrogen-bond acceptors (Lipinski definition) is 3. The minimum atomic E-state index is 0.0276. The summed E-state index contributed by atoms with van der Waals surface area (Å²) >= 11 is 0. The Morgan fingerprint density at radius 2 is 2.21 bits per heavy atom. The molecule has 0 saturated carbocycles. The first-order valence-electron chi connectivity index (χ1n) is 6.90. The van der Waals surface area contributed by atoms with Crippen LogP contribution < -0.4 is 10.1 Å². The van der Waals surface area contributed by atoms with Crippen LogP contribution >= 0.6 is 0 Å². The first-order valence-corrected chi connectivity index (χ1v) is 6.90. The molecular weight excluding hydrogens is 238 g/mol. The Hall–Kier alpha value is -1.55. The maximum atomic E-state index is 6.12. The van der Waals surface area contributed by atoms with E-state index >= 15 is 0 Å². The number of hydrogen-bond donors (Lipinski definition) is 2. The molecule has 0 bridgehead atoms. The Morgan fingerprint density at radius 3 is 2.89 bits per heavy atom. The molecule has 1 aliphatic heterocycles. The van der Waals surface area contributed by atoms with Crippen LogP contribution in [0.2, 0.25) is 0 Å². The molecular formula is C15H21N3O. The van der Waals surface area contributed by atoms with E-state index < -0.39 is 0 Å². The van der Waals surface area contributed by atoms with Crippen molar-refractivity contribution in [1.29, 1.82) is 0 Å². The zero-order valence-corrected chi connectivity index (χ0v) is 11.8. The molecule has 0 radical (unpaired) electrons. The maximum absolute atomic E-state index is 6.12. The fourth-order valence-corrected chi connectivity index (χ4v) is 2.48. The molecule has 4 heteroatoms. The number of ether oxygens (including phenoxy) is 1. The maximum Gasteiger partial charge on any atom is 0.219 e. The SMILES string of the molecule is CC(C)(C)c1cc2cc[nH]c2nc1OC1CCNC1. The van der Waals surface area contributed by atoms with Crippen LogP contribution in [0, 0.1) is 0 Å². The van der Waals surface area contributed by atoms with Crippen molar-refractivity contribution in [3.63, 3.8) is 0 Å². The third-order valence-corrected chi connectivity index (χ3v) is 3.60. The lowest BCUT2D eigenvalue weighted by Crippen LogP contribution is -2.23. The zero-order valence-electron chi connectivity index (χ0n) is 11.8. The molecule has 1 atom stereocenters. The molecule has 1 aliphatic rings. The van der Waals surface area contributed by atoms with Crippen molar-refractivity contribution in [2.75, 3.05) is 13.1 Å². The third-order valence-electron chi connectivity index (χ3n) is 3.60. The van der Waals surface area contributed by atoms with E-state index in [1.54, 1.807) is 0 Å². The fraction of sp³-hybridized carbons (Fsp3) is 0.533. The van der Waals surface area contributed by atoms with Crippen LogP contribution in [-0.4, -0.2) is 29.2 Å². The van der Waals surface area contributed by atoms with E-state index in [1.165, 1.54) is 5.56 Å². The predicted octanol–water partition coefficient (Wildman–Crippen LogP) is 2.60. The number of rotatable bonds is 2. The van der Waals surface area contributed by atoms with Crippen molar-refractivity contribution in [3.05, 3.63) is 23.9 Å². The van der Waals surface area contributed by atoms with Gasteiger partial charge in [-0.25, -0.2) is 0 Å². The number of H-pyrrole nitrogens is 1. The van der Waals surface area contributed by atoms with E-state index in [9.17, 15) is 0 Å². The van der Waals surface area contributed by atoms with Gasteiger partial charge in [0.05, 0.1) is 0 Å². The fourth-order valence-electron chi connectivity index (χ4n) is 2.48. The van der Waals surface area contributed by atoms with Gasteiger partial charge >= 0.3 is 0 Å². The first kappa shape index (κ1) is 12.5. The van der Waals surface area contributed by atoms with Gasteiger partial charge in [-0.3, -0.25) is 0 Å². The smallest absolute Gasteiger partial charge is 0.219 e. The molecule has 0 aromatic carbocycles. The Balaban J connectivity index is 2.03. The molecule has 1 unspecified atom stereocenters. The molecule has 1 fully saturated rings. The molecule has 0 aliphatic carbocycles. The van der Waals surface area contributed by atoms with Gasteiger partial charge in [-0.2, -0.15) is 4.98 Å². The van der Waals surface area contributed by atoms with E-state index in [2.05, 4.69) is 48.2 Å². The largest absolute Gasteiger partial charge is 0.473 e. The number of pyridine rings is 1. The van der Waals surface area contributed by atoms with E-state index in [-0.39, 0.29) is 11.5 Å². The highest BCUT2D eigenvalue weighted by Crippen LogP contribution is 2.33. The summed E-state index contributed by atoms with van der Waals surface area (Å²) in [6.07, 6.45) is 3.21. The van der Waals surface area contributed by atoms with Gasteiger partial charge in [0.2, 0.25) is 5.88 Å². The molecule has 19 heavy (non-hydrogen) atoms. The van der Waals surface area contributed by atoms with Crippen LogP contribution in [0.4, 0.5) is 0 Å². The van der Waals surface area contributed by atoms with Crippen LogP contribution in [0.25, 0.3) is 11.0 Å². The lowest BCUT2D eigenvalue weighted by Gasteiger charge is -2.23. The van der Waals surface area contributed by atoms with Crippen LogP contribution in [-0.2, 0) is 5.41 Å². The number of aromatic nitrogens is 2. The van der Waals surface area contributed by atoms with Crippen LogP contribution in [0.5, 0.6) is 5.88 Å². The first-order chi connectivity index (χ1) is 9.04. The molecule has 1 saturated heterocycles. The van der Waals surface area contributed by atoms with Gasteiger partial charge in [0.1, 0.15) is 11.8 Å². The second-order valence-corrected chi connectivity index (χ2v) is 6.24. The molecule has 0 spiro atoms. The molecule has 2 aromatic heterocycles. The van der Waals surface area contributed by atoms with Crippen LogP contribution in [0.3, 0.4) is 0 Å². The van der Waals surface area contributed by atoms with Crippen LogP contribution in [0.1, 0.15) is 32.8 Å². The Labute approximate surface area is 113 Å². The van der Waals surface area contributed by atoms with Crippen LogP contribution in [0.15, 0.2) is 18.3 Å². The predicted molar refractivity (Wildman–Crippen MR) is 76.7 cm³/mol. The summed E-state index contributed by atoms with van der Waals surface area (Å²) < 4.78 is 6.12. The second kappa shape index (κ2) is 4.53. The summed E-state index contributed by atoms with van der Waals surface area (Å²) in [7, 11) is 0. The van der Waals surface area contributed by atoms with E-state index in [4.69, 9.17) is 4.74 Å². The molecule has 2 aromatic rings. The second-order valence-electron chi connectivity index (χ2n) is 6.24. The Kier molecular flexibility index (Phi) is 2.97. The highest BCUT2D eigenvalue weighted by atomic mass is 16.5. The van der Waals surface area contributed by atoms with Crippen molar-refractivity contribution in [3.8, 4) is 5.88 Å². The van der Waals surface area contributed by atoms with Gasteiger partial charge in [-0.1, -0.05) is 20.8 Å². The zero-order chi connectivity index (χ0) is 13.5. The third kappa shape index (κ3) is 2.45. The Morgan fingerprint density at radius 1 is 1.37 bits per heavy atom. The summed E-state index contributed by atoms with van der Waals surface area (Å²) in [6.45, 7) is 8.53. The number of aromatic amines is 1. The molecule has 3 rings (SSSR count). The van der Waals surface area contributed by atoms with E-state index in [0.717, 1.165) is 36.4 Å². The number of nitrogens with zero attached hydrogens (tertiary/aromatic N) is 1. The quantitative estimate of drug-likeness (QED) is 0.871. The highest BCUT2D eigenvalue weighted by molar-refractivity contribution is 5.77. The summed E-state index contributed by atoms with van der Waals surface area (Å²) in [4.78, 5) is 7.82. The minimum absolute atomic E-state index is 0.0276. The lowest BCUT2D eigenvalue weighted by atomic mass is 9.87. The molecule has 102 valence electrons. The minimum Gasteiger partial charge on any atom is -0.473 e. The average Bonchev–Trinajstić information content (AvgIpc) is 2.96. The number of fused-ring (bicyclic) bond motifs is 1. The van der Waals surface area contributed by atoms with Gasteiger partial charge in [-0.05, 0) is 30.5 Å². The van der Waals surface area contributed by atoms with Crippen molar-refractivity contribution in [1.82, 2.24) is 15.3 Å². The van der Waals surface area contributed by atoms with Gasteiger partial charge in [0.25, 0.3) is 0 Å². The van der Waals surface area contributed by atoms with Gasteiger partial charge in [0.15, 0.2) is 0 Å². The van der Waals surface area contributed by atoms with Gasteiger partial charge in [-0.15, -0.1) is 0 Å². The van der Waals surface area contributed by atoms with Crippen molar-refractivity contribution in [2.24, 2.45) is 0 Å². The standard InChI is InChI=1S/C15H21N3O/c1-15(2,3)12-8-10-4-7-17-13(10)18-14(12)19-11-5-6-16-9-11/h4,7-8,11,16H,5-6,9H2,1-3H3,(H,17,18). The van der Waals surface area contributed by atoms with Crippen molar-refractivity contribution >= 4 is 11.0 Å². The Bertz CT molecular complexity index is 577. The monoisotopic (exact) mass is 259 g/mol. The lowest BCUT2D eigenvalue weighted by molar-refractivity contribution is 0.209. The van der Waals surface area contributed by atoms with Crippen molar-refractivity contribution < 1.29 is 4.74 Å². The molecule has 3 heterocycles. The summed E-state index contributed by atoms with van der Waals surface area (Å²) in [5.41, 5.74) is 2.10. The summed E-state index contributed by atoms with van der Waals surface area (Å²) in [5, 5.41) is 4.46. The van der Waals surface area contributed by atoms with Crippen molar-refractivity contribution in [2.45, 2.75) is 38.7 Å². The van der Waals surface area contributed by atoms with Gasteiger partial charge < -0.3 is 15.0 Å². The average molecular weight is 259 g/mol. The van der Waals surface area contributed by atoms with E-state index in [1.807, 2.05) is 6.20 Å². The van der Waals surface area contributed by atoms with E-state index in [0.29, 0.717) is 0 Å².